The molecule has 0 saturated heterocycles. The van der Waals surface area contributed by atoms with Gasteiger partial charge in [-0.2, -0.15) is 12.6 Å². The van der Waals surface area contributed by atoms with E-state index in [-0.39, 0.29) is 0 Å². The Bertz CT molecular complexity index is 96.7. The maximum absolute atomic E-state index is 9.22. The van der Waals surface area contributed by atoms with E-state index in [2.05, 4.69) is 19.2 Å². The second-order valence-electron chi connectivity index (χ2n) is 2.21. The Labute approximate surface area is 55.8 Å². The van der Waals surface area contributed by atoms with Crippen LogP contribution in [0, 0.1) is 0 Å². The lowest BCUT2D eigenvalue weighted by Crippen LogP contribution is -2.26. The summed E-state index contributed by atoms with van der Waals surface area (Å²) in [7, 11) is 0. The third-order valence-corrected chi connectivity index (χ3v) is 1.84. The van der Waals surface area contributed by atoms with E-state index in [0.29, 0.717) is 5.75 Å². The van der Waals surface area contributed by atoms with E-state index in [1.807, 2.05) is 0 Å². The van der Waals surface area contributed by atoms with E-state index in [9.17, 15) is 5.11 Å². The van der Waals surface area contributed by atoms with Gasteiger partial charge in [0.15, 0.2) is 0 Å². The molecule has 1 nitrogen and oxygen atoms in total. The largest absolute Gasteiger partial charge is 0.385 e. The highest BCUT2D eigenvalue weighted by molar-refractivity contribution is 7.80. The summed E-state index contributed by atoms with van der Waals surface area (Å²) >= 11 is 3.93. The van der Waals surface area contributed by atoms with Crippen LogP contribution in [0.2, 0.25) is 0 Å². The van der Waals surface area contributed by atoms with Crippen LogP contribution in [0.4, 0.5) is 0 Å². The SMILES string of the molecule is C=C(C)C(C)(O)CS. The Balaban J connectivity index is 3.91. The van der Waals surface area contributed by atoms with Crippen LogP contribution >= 0.6 is 12.6 Å². The van der Waals surface area contributed by atoms with Crippen molar-refractivity contribution in [3.8, 4) is 0 Å². The molecule has 0 saturated carbocycles. The summed E-state index contributed by atoms with van der Waals surface area (Å²) in [6, 6.07) is 0. The molecule has 0 aliphatic heterocycles. The second kappa shape index (κ2) is 2.55. The molecular weight excluding hydrogens is 120 g/mol. The highest BCUT2D eigenvalue weighted by Crippen LogP contribution is 2.14. The van der Waals surface area contributed by atoms with Crippen LogP contribution in [0.25, 0.3) is 0 Å². The van der Waals surface area contributed by atoms with E-state index in [1.165, 1.54) is 0 Å². The molecule has 0 radical (unpaired) electrons. The minimum Gasteiger partial charge on any atom is -0.385 e. The molecular formula is C6H12OS. The number of rotatable bonds is 2. The van der Waals surface area contributed by atoms with Crippen LogP contribution in [-0.4, -0.2) is 16.5 Å². The van der Waals surface area contributed by atoms with Crippen LogP contribution in [0.5, 0.6) is 0 Å². The third-order valence-electron chi connectivity index (χ3n) is 1.23. The van der Waals surface area contributed by atoms with Crippen molar-refractivity contribution in [1.82, 2.24) is 0 Å². The second-order valence-corrected chi connectivity index (χ2v) is 2.53. The van der Waals surface area contributed by atoms with E-state index < -0.39 is 5.60 Å². The Kier molecular flexibility index (Phi) is 2.57. The Morgan fingerprint density at radius 2 is 2.25 bits per heavy atom. The summed E-state index contributed by atoms with van der Waals surface area (Å²) in [6.07, 6.45) is 0. The van der Waals surface area contributed by atoms with E-state index in [4.69, 9.17) is 0 Å². The predicted octanol–water partition coefficient (Wildman–Crippen LogP) is 1.24. The summed E-state index contributed by atoms with van der Waals surface area (Å²) in [5.41, 5.74) is -0.0316. The standard InChI is InChI=1S/C6H12OS/c1-5(2)6(3,7)4-8/h7-8H,1,4H2,2-3H3. The average Bonchev–Trinajstić information content (AvgIpc) is 1.67. The fraction of sp³-hybridized carbons (Fsp3) is 0.667. The van der Waals surface area contributed by atoms with Gasteiger partial charge in [0.05, 0.1) is 5.60 Å². The van der Waals surface area contributed by atoms with Crippen molar-refractivity contribution in [2.75, 3.05) is 5.75 Å². The maximum atomic E-state index is 9.22. The Morgan fingerprint density at radius 1 is 1.88 bits per heavy atom. The molecule has 48 valence electrons. The molecule has 0 heterocycles. The monoisotopic (exact) mass is 132 g/mol. The fourth-order valence-corrected chi connectivity index (χ4v) is 0.405. The molecule has 1 unspecified atom stereocenters. The lowest BCUT2D eigenvalue weighted by Gasteiger charge is -2.19. The Hall–Kier alpha value is 0.0500. The summed E-state index contributed by atoms with van der Waals surface area (Å²) < 4.78 is 0. The number of hydrogen-bond donors (Lipinski definition) is 2. The van der Waals surface area contributed by atoms with Crippen molar-refractivity contribution in [3.05, 3.63) is 12.2 Å². The number of aliphatic hydroxyl groups is 1. The summed E-state index contributed by atoms with van der Waals surface area (Å²) in [6.45, 7) is 7.08. The summed E-state index contributed by atoms with van der Waals surface area (Å²) in [4.78, 5) is 0. The first-order valence-electron chi connectivity index (χ1n) is 2.50. The van der Waals surface area contributed by atoms with Gasteiger partial charge >= 0.3 is 0 Å². The topological polar surface area (TPSA) is 20.2 Å². The van der Waals surface area contributed by atoms with Crippen LogP contribution in [0.1, 0.15) is 13.8 Å². The van der Waals surface area contributed by atoms with Gasteiger partial charge in [-0.3, -0.25) is 0 Å². The summed E-state index contributed by atoms with van der Waals surface area (Å²) in [5, 5.41) is 9.22. The molecule has 2 heteroatoms. The first-order chi connectivity index (χ1) is 3.50. The molecule has 0 aromatic heterocycles. The third kappa shape index (κ3) is 1.88. The van der Waals surface area contributed by atoms with E-state index >= 15 is 0 Å². The van der Waals surface area contributed by atoms with Gasteiger partial charge in [-0.1, -0.05) is 6.58 Å². The molecule has 0 aromatic carbocycles. The van der Waals surface area contributed by atoms with Gasteiger partial charge in [0.25, 0.3) is 0 Å². The van der Waals surface area contributed by atoms with Gasteiger partial charge in [0.1, 0.15) is 0 Å². The number of thiol groups is 1. The summed E-state index contributed by atoms with van der Waals surface area (Å²) in [5.74, 6) is 0.433. The highest BCUT2D eigenvalue weighted by Gasteiger charge is 2.17. The molecule has 0 aromatic rings. The van der Waals surface area contributed by atoms with Gasteiger partial charge in [-0.15, -0.1) is 0 Å². The fourth-order valence-electron chi connectivity index (χ4n) is 0.135. The molecule has 8 heavy (non-hydrogen) atoms. The molecule has 0 rings (SSSR count). The molecule has 0 aliphatic carbocycles. The van der Waals surface area contributed by atoms with Gasteiger partial charge in [-0.25, -0.2) is 0 Å². The first-order valence-corrected chi connectivity index (χ1v) is 3.13. The predicted molar refractivity (Wildman–Crippen MR) is 39.3 cm³/mol. The molecule has 0 amide bonds. The molecule has 0 aliphatic rings. The minimum atomic E-state index is -0.789. The normalized spacial score (nSPS) is 17.5. The van der Waals surface area contributed by atoms with Crippen molar-refractivity contribution in [1.29, 1.82) is 0 Å². The zero-order valence-electron chi connectivity index (χ0n) is 5.31. The minimum absolute atomic E-state index is 0.433. The van der Waals surface area contributed by atoms with Crippen molar-refractivity contribution < 1.29 is 5.11 Å². The van der Waals surface area contributed by atoms with Crippen molar-refractivity contribution >= 4 is 12.6 Å². The lowest BCUT2D eigenvalue weighted by atomic mass is 10.0. The number of hydrogen-bond acceptors (Lipinski definition) is 2. The molecule has 1 N–H and O–H groups in total. The Morgan fingerprint density at radius 3 is 2.25 bits per heavy atom. The van der Waals surface area contributed by atoms with Crippen LogP contribution in [0.3, 0.4) is 0 Å². The lowest BCUT2D eigenvalue weighted by molar-refractivity contribution is 0.126. The molecule has 0 fully saturated rings. The van der Waals surface area contributed by atoms with Crippen LogP contribution < -0.4 is 0 Å². The van der Waals surface area contributed by atoms with Crippen molar-refractivity contribution in [2.24, 2.45) is 0 Å². The maximum Gasteiger partial charge on any atom is 0.0910 e. The van der Waals surface area contributed by atoms with Crippen molar-refractivity contribution in [3.63, 3.8) is 0 Å². The average molecular weight is 132 g/mol. The van der Waals surface area contributed by atoms with Crippen LogP contribution in [-0.2, 0) is 0 Å². The highest BCUT2D eigenvalue weighted by atomic mass is 32.1. The zero-order valence-corrected chi connectivity index (χ0v) is 6.20. The van der Waals surface area contributed by atoms with Gasteiger partial charge < -0.3 is 5.11 Å². The van der Waals surface area contributed by atoms with E-state index in [1.54, 1.807) is 13.8 Å². The van der Waals surface area contributed by atoms with Gasteiger partial charge in [0, 0.05) is 5.75 Å². The van der Waals surface area contributed by atoms with Crippen molar-refractivity contribution in [2.45, 2.75) is 19.4 Å². The first kappa shape index (κ1) is 8.05. The molecule has 0 bridgehead atoms. The van der Waals surface area contributed by atoms with E-state index in [0.717, 1.165) is 5.57 Å². The molecule has 0 spiro atoms. The quantitative estimate of drug-likeness (QED) is 0.428. The zero-order chi connectivity index (χ0) is 6.78. The smallest absolute Gasteiger partial charge is 0.0910 e. The molecule has 1 atom stereocenters. The van der Waals surface area contributed by atoms with Gasteiger partial charge in [0.2, 0.25) is 0 Å². The van der Waals surface area contributed by atoms with Crippen LogP contribution in [0.15, 0.2) is 12.2 Å². The van der Waals surface area contributed by atoms with Gasteiger partial charge in [-0.05, 0) is 19.4 Å².